The molecule has 8 heteroatoms. The summed E-state index contributed by atoms with van der Waals surface area (Å²) in [5.41, 5.74) is 8.10. The maximum Gasteiger partial charge on any atom is 0.320 e. The molecule has 28 heavy (non-hydrogen) atoms. The highest BCUT2D eigenvalue weighted by molar-refractivity contribution is 6.36. The van der Waals surface area contributed by atoms with Crippen LogP contribution in [-0.4, -0.2) is 52.9 Å². The zero-order valence-electron chi connectivity index (χ0n) is 15.1. The van der Waals surface area contributed by atoms with Gasteiger partial charge in [-0.15, -0.1) is 0 Å². The van der Waals surface area contributed by atoms with E-state index >= 15 is 0 Å². The van der Waals surface area contributed by atoms with Crippen molar-refractivity contribution in [3.8, 4) is 11.1 Å². The minimum Gasteiger partial charge on any atom is -0.369 e. The molecule has 2 aromatic rings. The molecule has 2 saturated heterocycles. The fourth-order valence-corrected chi connectivity index (χ4v) is 4.24. The van der Waals surface area contributed by atoms with Crippen molar-refractivity contribution in [2.75, 3.05) is 26.2 Å². The van der Waals surface area contributed by atoms with Crippen LogP contribution in [0, 0.1) is 5.92 Å². The van der Waals surface area contributed by atoms with Crippen LogP contribution < -0.4 is 5.73 Å². The van der Waals surface area contributed by atoms with Crippen molar-refractivity contribution in [2.45, 2.75) is 12.3 Å². The van der Waals surface area contributed by atoms with Gasteiger partial charge in [-0.1, -0.05) is 35.3 Å². The Kier molecular flexibility index (Phi) is 5.17. The van der Waals surface area contributed by atoms with Crippen molar-refractivity contribution < 1.29 is 9.59 Å². The van der Waals surface area contributed by atoms with Gasteiger partial charge in [0.25, 0.3) is 0 Å². The SMILES string of the molecule is NC(=O)[C@H]1CCN(C(=O)N2CC(c3ccc(-c4ccc(Cl)cc4Cl)cn3)C2)C1. The van der Waals surface area contributed by atoms with Gasteiger partial charge in [-0.05, 0) is 24.6 Å². The first kappa shape index (κ1) is 19.0. The molecule has 2 fully saturated rings. The number of hydrogen-bond donors (Lipinski definition) is 1. The third kappa shape index (κ3) is 3.66. The van der Waals surface area contributed by atoms with Crippen LogP contribution in [0.3, 0.4) is 0 Å². The van der Waals surface area contributed by atoms with Crippen molar-refractivity contribution in [3.63, 3.8) is 0 Å². The van der Waals surface area contributed by atoms with Gasteiger partial charge in [0.15, 0.2) is 0 Å². The Morgan fingerprint density at radius 1 is 1.07 bits per heavy atom. The van der Waals surface area contributed by atoms with E-state index in [1.165, 1.54) is 0 Å². The van der Waals surface area contributed by atoms with Crippen LogP contribution in [0.15, 0.2) is 36.5 Å². The second-order valence-corrected chi connectivity index (χ2v) is 8.16. The Morgan fingerprint density at radius 2 is 1.86 bits per heavy atom. The summed E-state index contributed by atoms with van der Waals surface area (Å²) in [6, 6.07) is 9.33. The molecule has 1 aromatic carbocycles. The molecule has 0 saturated carbocycles. The number of halogens is 2. The summed E-state index contributed by atoms with van der Waals surface area (Å²) < 4.78 is 0. The predicted molar refractivity (Wildman–Crippen MR) is 108 cm³/mol. The van der Waals surface area contributed by atoms with Crippen LogP contribution >= 0.6 is 23.2 Å². The van der Waals surface area contributed by atoms with Crippen molar-refractivity contribution in [1.29, 1.82) is 0 Å². The lowest BCUT2D eigenvalue weighted by Crippen LogP contribution is -2.53. The molecule has 0 unspecified atom stereocenters. The molecule has 1 aromatic heterocycles. The number of rotatable bonds is 3. The average Bonchev–Trinajstić information content (AvgIpc) is 3.12. The van der Waals surface area contributed by atoms with E-state index in [1.54, 1.807) is 28.1 Å². The van der Waals surface area contributed by atoms with Gasteiger partial charge in [-0.25, -0.2) is 4.79 Å². The summed E-state index contributed by atoms with van der Waals surface area (Å²) in [4.78, 5) is 31.9. The first-order valence-corrected chi connectivity index (χ1v) is 9.92. The maximum absolute atomic E-state index is 12.5. The molecule has 2 aliphatic heterocycles. The molecular formula is C20H20Cl2N4O2. The summed E-state index contributed by atoms with van der Waals surface area (Å²) >= 11 is 12.2. The predicted octanol–water partition coefficient (Wildman–Crippen LogP) is 3.38. The van der Waals surface area contributed by atoms with E-state index < -0.39 is 0 Å². The monoisotopic (exact) mass is 418 g/mol. The lowest BCUT2D eigenvalue weighted by molar-refractivity contribution is -0.121. The molecule has 0 spiro atoms. The highest BCUT2D eigenvalue weighted by Gasteiger charge is 2.38. The van der Waals surface area contributed by atoms with Gasteiger partial charge in [0, 0.05) is 65.2 Å². The fourth-order valence-electron chi connectivity index (χ4n) is 3.72. The molecule has 146 valence electrons. The lowest BCUT2D eigenvalue weighted by Gasteiger charge is -2.40. The third-order valence-electron chi connectivity index (χ3n) is 5.46. The highest BCUT2D eigenvalue weighted by atomic mass is 35.5. The second-order valence-electron chi connectivity index (χ2n) is 7.31. The van der Waals surface area contributed by atoms with Gasteiger partial charge in [-0.2, -0.15) is 0 Å². The lowest BCUT2D eigenvalue weighted by atomic mass is 9.95. The number of aromatic nitrogens is 1. The zero-order valence-corrected chi connectivity index (χ0v) is 16.7. The molecule has 0 bridgehead atoms. The van der Waals surface area contributed by atoms with E-state index in [2.05, 4.69) is 4.98 Å². The normalized spacial score (nSPS) is 19.6. The van der Waals surface area contributed by atoms with Gasteiger partial charge in [-0.3, -0.25) is 9.78 Å². The quantitative estimate of drug-likeness (QED) is 0.829. The molecule has 4 rings (SSSR count). The molecule has 2 aliphatic rings. The van der Waals surface area contributed by atoms with Crippen LogP contribution in [0.4, 0.5) is 4.79 Å². The Hall–Kier alpha value is -2.31. The van der Waals surface area contributed by atoms with Gasteiger partial charge >= 0.3 is 6.03 Å². The molecule has 3 heterocycles. The van der Waals surface area contributed by atoms with Crippen molar-refractivity contribution >= 4 is 35.1 Å². The first-order valence-electron chi connectivity index (χ1n) is 9.17. The molecule has 3 amide bonds. The van der Waals surface area contributed by atoms with Crippen LogP contribution in [0.5, 0.6) is 0 Å². The van der Waals surface area contributed by atoms with E-state index in [1.807, 2.05) is 18.2 Å². The van der Waals surface area contributed by atoms with E-state index in [0.29, 0.717) is 42.6 Å². The molecule has 6 nitrogen and oxygen atoms in total. The maximum atomic E-state index is 12.5. The fraction of sp³-hybridized carbons (Fsp3) is 0.350. The van der Waals surface area contributed by atoms with E-state index in [9.17, 15) is 9.59 Å². The smallest absolute Gasteiger partial charge is 0.320 e. The summed E-state index contributed by atoms with van der Waals surface area (Å²) in [5, 5.41) is 1.18. The first-order chi connectivity index (χ1) is 13.4. The van der Waals surface area contributed by atoms with Crippen molar-refractivity contribution in [1.82, 2.24) is 14.8 Å². The van der Waals surface area contributed by atoms with E-state index in [0.717, 1.165) is 16.8 Å². The number of pyridine rings is 1. The Morgan fingerprint density at radius 3 is 2.46 bits per heavy atom. The minimum atomic E-state index is -0.332. The van der Waals surface area contributed by atoms with Crippen LogP contribution in [-0.2, 0) is 4.79 Å². The molecule has 2 N–H and O–H groups in total. The summed E-state index contributed by atoms with van der Waals surface area (Å²) in [7, 11) is 0. The standard InChI is InChI=1S/C20H20Cl2N4O2/c21-15-2-3-16(17(22)7-15)12-1-4-18(24-8-12)14-10-26(11-14)20(28)25-6-5-13(9-25)19(23)27/h1-4,7-8,13-14H,5-6,9-11H2,(H2,23,27)/t13-/m0/s1. The number of urea groups is 1. The number of likely N-dealkylation sites (tertiary alicyclic amines) is 2. The summed E-state index contributed by atoms with van der Waals surface area (Å²) in [5.74, 6) is -0.343. The minimum absolute atomic E-state index is 0.0235. The van der Waals surface area contributed by atoms with E-state index in [4.69, 9.17) is 28.9 Å². The number of carbonyl (C=O) groups is 2. The Labute approximate surface area is 173 Å². The number of nitrogens with zero attached hydrogens (tertiary/aromatic N) is 3. The zero-order chi connectivity index (χ0) is 19.8. The van der Waals surface area contributed by atoms with Crippen LogP contribution in [0.25, 0.3) is 11.1 Å². The van der Waals surface area contributed by atoms with Gasteiger partial charge < -0.3 is 15.5 Å². The van der Waals surface area contributed by atoms with Gasteiger partial charge in [0.2, 0.25) is 5.91 Å². The number of carbonyl (C=O) groups excluding carboxylic acids is 2. The average molecular weight is 419 g/mol. The van der Waals surface area contributed by atoms with Crippen molar-refractivity contribution in [2.24, 2.45) is 11.7 Å². The van der Waals surface area contributed by atoms with Gasteiger partial charge in [0.05, 0.1) is 5.92 Å². The van der Waals surface area contributed by atoms with Crippen LogP contribution in [0.2, 0.25) is 10.0 Å². The Bertz CT molecular complexity index is 913. The number of primary amides is 1. The van der Waals surface area contributed by atoms with Crippen molar-refractivity contribution in [3.05, 3.63) is 52.3 Å². The second kappa shape index (κ2) is 7.60. The number of hydrogen-bond acceptors (Lipinski definition) is 3. The number of amides is 3. The highest BCUT2D eigenvalue weighted by Crippen LogP contribution is 2.32. The molecule has 0 aliphatic carbocycles. The number of benzene rings is 1. The summed E-state index contributed by atoms with van der Waals surface area (Å²) in [6.07, 6.45) is 2.45. The third-order valence-corrected chi connectivity index (χ3v) is 6.01. The van der Waals surface area contributed by atoms with Crippen LogP contribution in [0.1, 0.15) is 18.0 Å². The van der Waals surface area contributed by atoms with E-state index in [-0.39, 0.29) is 23.8 Å². The topological polar surface area (TPSA) is 79.5 Å². The molecular weight excluding hydrogens is 399 g/mol. The van der Waals surface area contributed by atoms with Gasteiger partial charge in [0.1, 0.15) is 0 Å². The largest absolute Gasteiger partial charge is 0.369 e. The Balaban J connectivity index is 1.36. The molecule has 1 atom stereocenters. The molecule has 0 radical (unpaired) electrons. The summed E-state index contributed by atoms with van der Waals surface area (Å²) in [6.45, 7) is 2.27. The number of nitrogens with two attached hydrogens (primary N) is 1.